The number of benzene rings is 1. The first-order valence-corrected chi connectivity index (χ1v) is 9.98. The highest BCUT2D eigenvalue weighted by atomic mass is 19.1. The topological polar surface area (TPSA) is 76.4 Å². The van der Waals surface area contributed by atoms with Crippen molar-refractivity contribution in [3.8, 4) is 6.07 Å². The van der Waals surface area contributed by atoms with Gasteiger partial charge in [0.25, 0.3) is 0 Å². The van der Waals surface area contributed by atoms with Crippen LogP contribution in [0.2, 0.25) is 0 Å². The molecule has 2 aliphatic rings. The van der Waals surface area contributed by atoms with E-state index in [0.29, 0.717) is 19.5 Å². The van der Waals surface area contributed by atoms with E-state index in [1.54, 1.807) is 12.1 Å². The maximum Gasteiger partial charge on any atom is 0.226 e. The molecule has 28 heavy (non-hydrogen) atoms. The van der Waals surface area contributed by atoms with Gasteiger partial charge in [0.05, 0.1) is 6.07 Å². The molecule has 2 atom stereocenters. The number of hydrogen-bond acceptors (Lipinski definition) is 4. The summed E-state index contributed by atoms with van der Waals surface area (Å²) < 4.78 is 13.0. The van der Waals surface area contributed by atoms with E-state index < -0.39 is 0 Å². The molecule has 1 aromatic carbocycles. The first kappa shape index (κ1) is 20.3. The molecule has 3 rings (SSSR count). The van der Waals surface area contributed by atoms with E-state index in [-0.39, 0.29) is 36.0 Å². The molecule has 0 spiro atoms. The van der Waals surface area contributed by atoms with Crippen LogP contribution in [0.15, 0.2) is 24.3 Å². The van der Waals surface area contributed by atoms with E-state index in [4.69, 9.17) is 5.26 Å². The highest BCUT2D eigenvalue weighted by Crippen LogP contribution is 2.32. The van der Waals surface area contributed by atoms with Crippen LogP contribution in [0.4, 0.5) is 4.39 Å². The smallest absolute Gasteiger partial charge is 0.226 e. The third kappa shape index (κ3) is 5.08. The van der Waals surface area contributed by atoms with Gasteiger partial charge in [0.15, 0.2) is 0 Å². The van der Waals surface area contributed by atoms with Gasteiger partial charge in [0.2, 0.25) is 11.8 Å². The molecule has 1 heterocycles. The summed E-state index contributed by atoms with van der Waals surface area (Å²) in [6.45, 7) is 3.54. The average Bonchev–Trinajstić information content (AvgIpc) is 2.73. The molecule has 2 amide bonds. The van der Waals surface area contributed by atoms with Crippen LogP contribution in [0.5, 0.6) is 0 Å². The Hall–Kier alpha value is -2.46. The lowest BCUT2D eigenvalue weighted by molar-refractivity contribution is -0.145. The second-order valence-electron chi connectivity index (χ2n) is 7.60. The number of amides is 2. The van der Waals surface area contributed by atoms with Crippen LogP contribution in [-0.4, -0.2) is 54.3 Å². The van der Waals surface area contributed by atoms with Gasteiger partial charge in [-0.25, -0.2) is 4.39 Å². The van der Waals surface area contributed by atoms with E-state index in [9.17, 15) is 14.0 Å². The fourth-order valence-corrected chi connectivity index (χ4v) is 4.21. The van der Waals surface area contributed by atoms with Crippen molar-refractivity contribution in [2.24, 2.45) is 11.8 Å². The van der Waals surface area contributed by atoms with Crippen LogP contribution in [0.25, 0.3) is 0 Å². The number of nitrogens with one attached hydrogen (secondary N) is 1. The fraction of sp³-hybridized carbons (Fsp3) is 0.571. The molecular weight excluding hydrogens is 359 g/mol. The van der Waals surface area contributed by atoms with Gasteiger partial charge in [-0.1, -0.05) is 25.0 Å². The van der Waals surface area contributed by atoms with E-state index in [1.165, 1.54) is 12.1 Å². The number of nitriles is 1. The molecule has 1 saturated heterocycles. The van der Waals surface area contributed by atoms with E-state index >= 15 is 0 Å². The third-order valence-electron chi connectivity index (χ3n) is 5.77. The molecule has 7 heteroatoms. The number of nitrogens with zero attached hydrogens (tertiary/aromatic N) is 3. The molecule has 1 aliphatic heterocycles. The third-order valence-corrected chi connectivity index (χ3v) is 5.77. The zero-order valence-electron chi connectivity index (χ0n) is 16.1. The predicted octanol–water partition coefficient (Wildman–Crippen LogP) is 1.92. The first-order chi connectivity index (χ1) is 13.6. The molecule has 1 saturated carbocycles. The van der Waals surface area contributed by atoms with Crippen molar-refractivity contribution in [3.63, 3.8) is 0 Å². The monoisotopic (exact) mass is 386 g/mol. The van der Waals surface area contributed by atoms with Crippen molar-refractivity contribution in [1.29, 1.82) is 5.26 Å². The Morgan fingerprint density at radius 2 is 1.71 bits per heavy atom. The molecular formula is C21H27FN4O2. The van der Waals surface area contributed by atoms with Crippen LogP contribution in [0, 0.1) is 29.0 Å². The van der Waals surface area contributed by atoms with Crippen molar-refractivity contribution in [1.82, 2.24) is 15.1 Å². The minimum Gasteiger partial charge on any atom is -0.343 e. The van der Waals surface area contributed by atoms with Gasteiger partial charge < -0.3 is 10.2 Å². The van der Waals surface area contributed by atoms with Crippen LogP contribution in [-0.2, 0) is 16.1 Å². The van der Waals surface area contributed by atoms with Gasteiger partial charge in [-0.3, -0.25) is 14.5 Å². The fourth-order valence-electron chi connectivity index (χ4n) is 4.21. The van der Waals surface area contributed by atoms with Crippen molar-refractivity contribution in [3.05, 3.63) is 35.6 Å². The maximum atomic E-state index is 13.1. The Morgan fingerprint density at radius 3 is 2.36 bits per heavy atom. The SMILES string of the molecule is N#CCNC(=O)C1CCCCC1C(=O)N1CCN(Cc2ccc(F)cc2)CC1. The van der Waals surface area contributed by atoms with Crippen LogP contribution in [0.3, 0.4) is 0 Å². The molecule has 2 fully saturated rings. The zero-order chi connectivity index (χ0) is 19.9. The average molecular weight is 386 g/mol. The van der Waals surface area contributed by atoms with Gasteiger partial charge in [-0.05, 0) is 30.5 Å². The van der Waals surface area contributed by atoms with Gasteiger partial charge in [-0.15, -0.1) is 0 Å². The number of hydrogen-bond donors (Lipinski definition) is 1. The second kappa shape index (κ2) is 9.65. The summed E-state index contributed by atoms with van der Waals surface area (Å²) >= 11 is 0. The molecule has 0 bridgehead atoms. The second-order valence-corrected chi connectivity index (χ2v) is 7.60. The number of halogens is 1. The molecule has 1 N–H and O–H groups in total. The van der Waals surface area contributed by atoms with Crippen LogP contribution < -0.4 is 5.32 Å². The molecule has 0 aromatic heterocycles. The molecule has 0 radical (unpaired) electrons. The zero-order valence-corrected chi connectivity index (χ0v) is 16.1. The molecule has 1 aromatic rings. The minimum atomic E-state index is -0.327. The number of carbonyl (C=O) groups excluding carboxylic acids is 2. The van der Waals surface area contributed by atoms with Crippen molar-refractivity contribution >= 4 is 11.8 Å². The molecule has 6 nitrogen and oxygen atoms in total. The molecule has 2 unspecified atom stereocenters. The van der Waals surface area contributed by atoms with E-state index in [2.05, 4.69) is 10.2 Å². The maximum absolute atomic E-state index is 13.1. The van der Waals surface area contributed by atoms with E-state index in [0.717, 1.165) is 44.5 Å². The number of rotatable bonds is 5. The summed E-state index contributed by atoms with van der Waals surface area (Å²) in [7, 11) is 0. The van der Waals surface area contributed by atoms with E-state index in [1.807, 2.05) is 11.0 Å². The van der Waals surface area contributed by atoms with Gasteiger partial charge in [0.1, 0.15) is 12.4 Å². The Bertz CT molecular complexity index is 723. The highest BCUT2D eigenvalue weighted by Gasteiger charge is 2.38. The van der Waals surface area contributed by atoms with Crippen molar-refractivity contribution in [2.75, 3.05) is 32.7 Å². The van der Waals surface area contributed by atoms with Crippen molar-refractivity contribution in [2.45, 2.75) is 32.2 Å². The molecule has 1 aliphatic carbocycles. The van der Waals surface area contributed by atoms with Gasteiger partial charge in [-0.2, -0.15) is 5.26 Å². The van der Waals surface area contributed by atoms with Gasteiger partial charge >= 0.3 is 0 Å². The highest BCUT2D eigenvalue weighted by molar-refractivity contribution is 5.88. The van der Waals surface area contributed by atoms with Crippen LogP contribution >= 0.6 is 0 Å². The Kier molecular flexibility index (Phi) is 6.99. The summed E-state index contributed by atoms with van der Waals surface area (Å²) in [4.78, 5) is 29.6. The lowest BCUT2D eigenvalue weighted by Gasteiger charge is -2.39. The standard InChI is InChI=1S/C21H27FN4O2/c22-17-7-5-16(6-8-17)15-25-11-13-26(14-12-25)21(28)19-4-2-1-3-18(19)20(27)24-10-9-23/h5-8,18-19H,1-4,10-15H2,(H,24,27). The minimum absolute atomic E-state index is 0.0156. The molecule has 150 valence electrons. The summed E-state index contributed by atoms with van der Waals surface area (Å²) in [6.07, 6.45) is 3.35. The Morgan fingerprint density at radius 1 is 1.07 bits per heavy atom. The Balaban J connectivity index is 1.53. The quantitative estimate of drug-likeness (QED) is 0.785. The Labute approximate surface area is 165 Å². The number of carbonyl (C=O) groups is 2. The lowest BCUT2D eigenvalue weighted by Crippen LogP contribution is -2.52. The largest absolute Gasteiger partial charge is 0.343 e. The summed E-state index contributed by atoms with van der Waals surface area (Å²) in [5.41, 5.74) is 1.06. The normalized spacial score (nSPS) is 23.1. The van der Waals surface area contributed by atoms with Crippen molar-refractivity contribution < 1.29 is 14.0 Å². The lowest BCUT2D eigenvalue weighted by atomic mass is 9.77. The van der Waals surface area contributed by atoms with Gasteiger partial charge in [0, 0.05) is 44.6 Å². The van der Waals surface area contributed by atoms with Crippen LogP contribution in [0.1, 0.15) is 31.2 Å². The summed E-state index contributed by atoms with van der Waals surface area (Å²) in [5, 5.41) is 11.3. The summed E-state index contributed by atoms with van der Waals surface area (Å²) in [6, 6.07) is 8.44. The predicted molar refractivity (Wildman–Crippen MR) is 102 cm³/mol. The summed E-state index contributed by atoms with van der Waals surface area (Å²) in [5.74, 6) is -0.948. The number of piperazine rings is 1. The first-order valence-electron chi connectivity index (χ1n) is 9.98.